The SMILES string of the molecule is COC(=O)N(COc1ccn(-c2ccc(Cl)cc2)n1)OC. The lowest BCUT2D eigenvalue weighted by Gasteiger charge is -2.17. The number of hydrogen-bond acceptors (Lipinski definition) is 5. The minimum absolute atomic E-state index is 0.138. The van der Waals surface area contributed by atoms with Crippen LogP contribution in [0.2, 0.25) is 5.02 Å². The molecule has 0 saturated carbocycles. The van der Waals surface area contributed by atoms with Gasteiger partial charge < -0.3 is 9.47 Å². The zero-order valence-corrected chi connectivity index (χ0v) is 12.3. The van der Waals surface area contributed by atoms with Crippen molar-refractivity contribution in [1.82, 2.24) is 14.8 Å². The van der Waals surface area contributed by atoms with Gasteiger partial charge in [0, 0.05) is 17.3 Å². The van der Waals surface area contributed by atoms with E-state index in [1.807, 2.05) is 12.1 Å². The molecular weight excluding hydrogens is 298 g/mol. The molecule has 0 N–H and O–H groups in total. The average molecular weight is 312 g/mol. The second kappa shape index (κ2) is 6.96. The first-order valence-electron chi connectivity index (χ1n) is 5.98. The minimum Gasteiger partial charge on any atom is -0.453 e. The largest absolute Gasteiger partial charge is 0.453 e. The molecule has 0 aliphatic heterocycles. The van der Waals surface area contributed by atoms with Crippen LogP contribution in [0.4, 0.5) is 4.79 Å². The van der Waals surface area contributed by atoms with E-state index in [1.54, 1.807) is 29.1 Å². The highest BCUT2D eigenvalue weighted by Gasteiger charge is 2.14. The third kappa shape index (κ3) is 3.87. The van der Waals surface area contributed by atoms with E-state index in [9.17, 15) is 4.79 Å². The Morgan fingerprint density at radius 1 is 1.29 bits per heavy atom. The molecular formula is C13H14ClN3O4. The van der Waals surface area contributed by atoms with Crippen LogP contribution in [0.1, 0.15) is 0 Å². The number of aromatic nitrogens is 2. The summed E-state index contributed by atoms with van der Waals surface area (Å²) < 4.78 is 11.5. The van der Waals surface area contributed by atoms with Crippen molar-refractivity contribution in [3.63, 3.8) is 0 Å². The Kier molecular flexibility index (Phi) is 5.02. The third-order valence-corrected chi connectivity index (χ3v) is 2.84. The van der Waals surface area contributed by atoms with E-state index in [2.05, 4.69) is 9.84 Å². The zero-order valence-electron chi connectivity index (χ0n) is 11.5. The van der Waals surface area contributed by atoms with Gasteiger partial charge >= 0.3 is 6.09 Å². The molecule has 2 aromatic rings. The number of hydroxylamine groups is 2. The van der Waals surface area contributed by atoms with Gasteiger partial charge in [0.05, 0.1) is 19.9 Å². The summed E-state index contributed by atoms with van der Waals surface area (Å²) in [6, 6.07) is 8.86. The van der Waals surface area contributed by atoms with Crippen molar-refractivity contribution in [3.05, 3.63) is 41.6 Å². The Hall–Kier alpha value is -2.25. The fourth-order valence-electron chi connectivity index (χ4n) is 1.53. The molecule has 0 radical (unpaired) electrons. The number of hydrogen-bond donors (Lipinski definition) is 0. The molecule has 0 aliphatic carbocycles. The Labute approximate surface area is 126 Å². The molecule has 21 heavy (non-hydrogen) atoms. The van der Waals surface area contributed by atoms with Crippen molar-refractivity contribution in [1.29, 1.82) is 0 Å². The molecule has 0 atom stereocenters. The summed E-state index contributed by atoms with van der Waals surface area (Å²) >= 11 is 5.83. The number of carbonyl (C=O) groups is 1. The third-order valence-electron chi connectivity index (χ3n) is 2.58. The summed E-state index contributed by atoms with van der Waals surface area (Å²) in [5.41, 5.74) is 0.839. The number of nitrogens with zero attached hydrogens (tertiary/aromatic N) is 3. The fraction of sp³-hybridized carbons (Fsp3) is 0.231. The average Bonchev–Trinajstić information content (AvgIpc) is 2.97. The molecule has 0 unspecified atom stereocenters. The van der Waals surface area contributed by atoms with E-state index < -0.39 is 6.09 Å². The Bertz CT molecular complexity index is 600. The summed E-state index contributed by atoms with van der Waals surface area (Å²) in [7, 11) is 2.59. The van der Waals surface area contributed by atoms with E-state index in [0.717, 1.165) is 10.8 Å². The van der Waals surface area contributed by atoms with Crippen LogP contribution in [0.15, 0.2) is 36.5 Å². The standard InChI is InChI=1S/C13H14ClN3O4/c1-19-13(18)17(20-2)9-21-12-7-8-16(15-12)11-5-3-10(14)4-6-11/h3-8H,9H2,1-2H3. The lowest BCUT2D eigenvalue weighted by atomic mass is 10.3. The smallest absolute Gasteiger partial charge is 0.436 e. The fourth-order valence-corrected chi connectivity index (χ4v) is 1.65. The van der Waals surface area contributed by atoms with Gasteiger partial charge in [0.1, 0.15) is 0 Å². The number of rotatable bonds is 5. The van der Waals surface area contributed by atoms with E-state index in [1.165, 1.54) is 14.2 Å². The number of methoxy groups -OCH3 is 1. The Balaban J connectivity index is 2.00. The predicted molar refractivity (Wildman–Crippen MR) is 75.3 cm³/mol. The van der Waals surface area contributed by atoms with Crippen molar-refractivity contribution in [3.8, 4) is 11.6 Å². The van der Waals surface area contributed by atoms with Crippen molar-refractivity contribution >= 4 is 17.7 Å². The molecule has 7 nitrogen and oxygen atoms in total. The van der Waals surface area contributed by atoms with Crippen LogP contribution < -0.4 is 4.74 Å². The molecule has 0 bridgehead atoms. The molecule has 1 aromatic carbocycles. The van der Waals surface area contributed by atoms with E-state index >= 15 is 0 Å². The molecule has 2 rings (SSSR count). The number of amides is 1. The number of halogens is 1. The molecule has 1 aromatic heterocycles. The molecule has 112 valence electrons. The van der Waals surface area contributed by atoms with Crippen LogP contribution in [-0.4, -0.2) is 41.9 Å². The summed E-state index contributed by atoms with van der Waals surface area (Å²) in [6.45, 7) is -0.138. The second-order valence-electron chi connectivity index (χ2n) is 3.88. The number of benzene rings is 1. The Morgan fingerprint density at radius 3 is 2.62 bits per heavy atom. The first kappa shape index (κ1) is 15.1. The lowest BCUT2D eigenvalue weighted by molar-refractivity contribution is -0.140. The van der Waals surface area contributed by atoms with Crippen LogP contribution in [0, 0.1) is 0 Å². The quantitative estimate of drug-likeness (QED) is 0.627. The summed E-state index contributed by atoms with van der Waals surface area (Å²) in [6.07, 6.45) is 1.07. The molecule has 1 heterocycles. The molecule has 0 aliphatic rings. The molecule has 0 spiro atoms. The maximum atomic E-state index is 11.3. The maximum absolute atomic E-state index is 11.3. The van der Waals surface area contributed by atoms with Gasteiger partial charge in [0.25, 0.3) is 0 Å². The summed E-state index contributed by atoms with van der Waals surface area (Å²) in [4.78, 5) is 16.1. The van der Waals surface area contributed by atoms with Crippen molar-refractivity contribution in [2.45, 2.75) is 0 Å². The lowest BCUT2D eigenvalue weighted by Crippen LogP contribution is -2.33. The highest BCUT2D eigenvalue weighted by molar-refractivity contribution is 6.30. The molecule has 0 fully saturated rings. The topological polar surface area (TPSA) is 65.8 Å². The first-order chi connectivity index (χ1) is 10.1. The zero-order chi connectivity index (χ0) is 15.2. The van der Waals surface area contributed by atoms with Gasteiger partial charge in [-0.1, -0.05) is 11.6 Å². The molecule has 1 amide bonds. The summed E-state index contributed by atoms with van der Waals surface area (Å²) in [5.74, 6) is 0.343. The minimum atomic E-state index is -0.658. The normalized spacial score (nSPS) is 10.2. The Morgan fingerprint density at radius 2 is 2.00 bits per heavy atom. The van der Waals surface area contributed by atoms with Crippen LogP contribution in [-0.2, 0) is 9.57 Å². The van der Waals surface area contributed by atoms with Gasteiger partial charge in [-0.2, -0.15) is 0 Å². The predicted octanol–water partition coefficient (Wildman–Crippen LogP) is 2.49. The van der Waals surface area contributed by atoms with Crippen LogP contribution in [0.5, 0.6) is 5.88 Å². The van der Waals surface area contributed by atoms with Crippen LogP contribution in [0.3, 0.4) is 0 Å². The number of carbonyl (C=O) groups excluding carboxylic acids is 1. The van der Waals surface area contributed by atoms with Crippen molar-refractivity contribution in [2.75, 3.05) is 21.0 Å². The van der Waals surface area contributed by atoms with Gasteiger partial charge in [0.15, 0.2) is 6.73 Å². The van der Waals surface area contributed by atoms with Crippen molar-refractivity contribution in [2.24, 2.45) is 0 Å². The van der Waals surface area contributed by atoms with Gasteiger partial charge in [-0.15, -0.1) is 10.2 Å². The highest BCUT2D eigenvalue weighted by atomic mass is 35.5. The monoisotopic (exact) mass is 311 g/mol. The van der Waals surface area contributed by atoms with Gasteiger partial charge in [-0.25, -0.2) is 9.48 Å². The molecule has 8 heteroatoms. The van der Waals surface area contributed by atoms with E-state index in [0.29, 0.717) is 10.9 Å². The maximum Gasteiger partial charge on any atom is 0.436 e. The van der Waals surface area contributed by atoms with Crippen LogP contribution in [0.25, 0.3) is 5.69 Å². The van der Waals surface area contributed by atoms with Gasteiger partial charge in [0.2, 0.25) is 5.88 Å². The number of ether oxygens (including phenoxy) is 2. The second-order valence-corrected chi connectivity index (χ2v) is 4.32. The van der Waals surface area contributed by atoms with Crippen LogP contribution >= 0.6 is 11.6 Å². The summed E-state index contributed by atoms with van der Waals surface area (Å²) in [5, 5.41) is 5.79. The highest BCUT2D eigenvalue weighted by Crippen LogP contribution is 2.15. The first-order valence-corrected chi connectivity index (χ1v) is 6.36. The van der Waals surface area contributed by atoms with E-state index in [4.69, 9.17) is 21.2 Å². The van der Waals surface area contributed by atoms with Gasteiger partial charge in [-0.05, 0) is 24.3 Å². The molecule has 0 saturated heterocycles. The van der Waals surface area contributed by atoms with E-state index in [-0.39, 0.29) is 6.73 Å². The van der Waals surface area contributed by atoms with Crippen molar-refractivity contribution < 1.29 is 19.1 Å². The van der Waals surface area contributed by atoms with Gasteiger partial charge in [-0.3, -0.25) is 4.84 Å².